The summed E-state index contributed by atoms with van der Waals surface area (Å²) in [4.78, 5) is 22.4. The molecule has 1 atom stereocenters. The number of rotatable bonds is 4. The minimum absolute atomic E-state index is 0.00260. The number of aryl methyl sites for hydroxylation is 2. The molecule has 0 radical (unpaired) electrons. The average molecular weight is 434 g/mol. The van der Waals surface area contributed by atoms with Crippen LogP contribution in [0.4, 0.5) is 11.5 Å². The van der Waals surface area contributed by atoms with Crippen LogP contribution in [0.15, 0.2) is 53.1 Å². The normalized spacial score (nSPS) is 15.7. The molecule has 3 heterocycles. The first-order valence-electron chi connectivity index (χ1n) is 10.0. The van der Waals surface area contributed by atoms with Crippen LogP contribution in [-0.4, -0.2) is 25.5 Å². The summed E-state index contributed by atoms with van der Waals surface area (Å²) in [6, 6.07) is 13.0. The molecular weight excluding hydrogens is 414 g/mol. The molecule has 4 aromatic rings. The van der Waals surface area contributed by atoms with Gasteiger partial charge in [0.05, 0.1) is 17.5 Å². The highest BCUT2D eigenvalue weighted by atomic mass is 35.5. The van der Waals surface area contributed by atoms with Crippen LogP contribution in [-0.2, 0) is 6.42 Å². The van der Waals surface area contributed by atoms with Gasteiger partial charge in [-0.1, -0.05) is 17.7 Å². The second-order valence-corrected chi connectivity index (χ2v) is 8.15. The van der Waals surface area contributed by atoms with Gasteiger partial charge >= 0.3 is 0 Å². The molecule has 3 aromatic heterocycles. The molecular formula is C23H20ClN5O2. The van der Waals surface area contributed by atoms with Crippen molar-refractivity contribution < 1.29 is 9.21 Å². The van der Waals surface area contributed by atoms with Gasteiger partial charge in [-0.2, -0.15) is 0 Å². The summed E-state index contributed by atoms with van der Waals surface area (Å²) in [5, 5.41) is 8.57. The van der Waals surface area contributed by atoms with Crippen molar-refractivity contribution in [3.8, 4) is 5.95 Å². The molecule has 8 heteroatoms. The molecule has 5 rings (SSSR count). The van der Waals surface area contributed by atoms with Crippen LogP contribution in [0, 0.1) is 13.8 Å². The molecule has 0 amide bonds. The Bertz CT molecular complexity index is 1260. The Labute approximate surface area is 184 Å². The van der Waals surface area contributed by atoms with Gasteiger partial charge in [0.25, 0.3) is 5.95 Å². The van der Waals surface area contributed by atoms with Crippen LogP contribution in [0.25, 0.3) is 5.95 Å². The fourth-order valence-corrected chi connectivity index (χ4v) is 4.24. The number of nitrogens with zero attached hydrogens (tertiary/aromatic N) is 4. The summed E-state index contributed by atoms with van der Waals surface area (Å²) in [5.41, 5.74) is 3.75. The van der Waals surface area contributed by atoms with Crippen molar-refractivity contribution in [3.05, 3.63) is 82.2 Å². The van der Waals surface area contributed by atoms with Crippen molar-refractivity contribution >= 4 is 28.9 Å². The van der Waals surface area contributed by atoms with Crippen LogP contribution < -0.4 is 5.32 Å². The smallest absolute Gasteiger partial charge is 0.251 e. The molecule has 31 heavy (non-hydrogen) atoms. The zero-order chi connectivity index (χ0) is 21.5. The Morgan fingerprint density at radius 2 is 1.90 bits per heavy atom. The van der Waals surface area contributed by atoms with E-state index in [2.05, 4.69) is 15.3 Å². The molecule has 0 saturated carbocycles. The molecule has 1 aliphatic carbocycles. The number of nitrogens with one attached hydrogen (secondary N) is 1. The van der Waals surface area contributed by atoms with Crippen molar-refractivity contribution in [3.63, 3.8) is 0 Å². The van der Waals surface area contributed by atoms with Crippen LogP contribution in [0.1, 0.15) is 45.5 Å². The number of aromatic nitrogens is 4. The molecule has 156 valence electrons. The van der Waals surface area contributed by atoms with Crippen molar-refractivity contribution in [1.29, 1.82) is 0 Å². The predicted octanol–water partition coefficient (Wildman–Crippen LogP) is 5.18. The first-order valence-corrected chi connectivity index (χ1v) is 10.4. The summed E-state index contributed by atoms with van der Waals surface area (Å²) < 4.78 is 7.27. The lowest BCUT2D eigenvalue weighted by Gasteiger charge is -2.21. The zero-order valence-electron chi connectivity index (χ0n) is 17.1. The fourth-order valence-electron chi connectivity index (χ4n) is 4.05. The van der Waals surface area contributed by atoms with E-state index in [1.54, 1.807) is 23.1 Å². The highest BCUT2D eigenvalue weighted by Gasteiger charge is 2.35. The van der Waals surface area contributed by atoms with Crippen molar-refractivity contribution in [2.45, 2.75) is 32.6 Å². The van der Waals surface area contributed by atoms with Gasteiger partial charge in [0.15, 0.2) is 11.6 Å². The van der Waals surface area contributed by atoms with Crippen LogP contribution in [0.2, 0.25) is 5.02 Å². The number of Topliss-reactive ketones (excluding diaryl/α,β-unsaturated/α-hetero) is 1. The highest BCUT2D eigenvalue weighted by Crippen LogP contribution is 2.38. The molecule has 7 nitrogen and oxygen atoms in total. The van der Waals surface area contributed by atoms with E-state index in [1.165, 1.54) is 0 Å². The molecule has 1 unspecified atom stereocenters. The van der Waals surface area contributed by atoms with Crippen LogP contribution in [0.3, 0.4) is 0 Å². The maximum Gasteiger partial charge on any atom is 0.251 e. The molecule has 1 N–H and O–H groups in total. The Hall–Kier alpha value is -3.45. The minimum Gasteiger partial charge on any atom is -0.469 e. The molecule has 0 saturated heterocycles. The van der Waals surface area contributed by atoms with Gasteiger partial charge in [0, 0.05) is 40.9 Å². The SMILES string of the molecule is Cc1cc(C)nc(-n2nc(Nc3cccc(Cl)c3)c3c2CC(c2ccco2)CC3=O)n1. The van der Waals surface area contributed by atoms with Gasteiger partial charge in [-0.25, -0.2) is 14.6 Å². The van der Waals surface area contributed by atoms with Gasteiger partial charge < -0.3 is 9.73 Å². The Morgan fingerprint density at radius 1 is 1.10 bits per heavy atom. The first kappa shape index (κ1) is 19.5. The Kier molecular flexibility index (Phi) is 4.82. The fraction of sp³-hybridized carbons (Fsp3) is 0.217. The van der Waals surface area contributed by atoms with Gasteiger partial charge in [-0.05, 0) is 50.2 Å². The largest absolute Gasteiger partial charge is 0.469 e. The maximum absolute atomic E-state index is 13.2. The highest BCUT2D eigenvalue weighted by molar-refractivity contribution is 6.30. The first-order chi connectivity index (χ1) is 15.0. The van der Waals surface area contributed by atoms with Gasteiger partial charge in [-0.3, -0.25) is 4.79 Å². The summed E-state index contributed by atoms with van der Waals surface area (Å²) in [6.07, 6.45) is 2.57. The summed E-state index contributed by atoms with van der Waals surface area (Å²) in [5.74, 6) is 1.65. The topological polar surface area (TPSA) is 85.8 Å². The second kappa shape index (κ2) is 7.67. The number of anilines is 2. The van der Waals surface area contributed by atoms with E-state index in [-0.39, 0.29) is 11.7 Å². The molecule has 0 aliphatic heterocycles. The third kappa shape index (κ3) is 3.72. The van der Waals surface area contributed by atoms with E-state index < -0.39 is 0 Å². The van der Waals surface area contributed by atoms with Crippen molar-refractivity contribution in [2.75, 3.05) is 5.32 Å². The van der Waals surface area contributed by atoms with Gasteiger partial charge in [-0.15, -0.1) is 5.10 Å². The lowest BCUT2D eigenvalue weighted by molar-refractivity contribution is 0.0960. The molecule has 0 fully saturated rings. The summed E-state index contributed by atoms with van der Waals surface area (Å²) >= 11 is 6.13. The number of carbonyl (C=O) groups is 1. The number of fused-ring (bicyclic) bond motifs is 1. The number of benzene rings is 1. The number of ketones is 1. The number of hydrogen-bond donors (Lipinski definition) is 1. The Balaban J connectivity index is 1.64. The number of carbonyl (C=O) groups excluding carboxylic acids is 1. The third-order valence-electron chi connectivity index (χ3n) is 5.32. The maximum atomic E-state index is 13.2. The average Bonchev–Trinajstić information content (AvgIpc) is 3.36. The van der Waals surface area contributed by atoms with Crippen molar-refractivity contribution in [1.82, 2.24) is 19.7 Å². The second-order valence-electron chi connectivity index (χ2n) is 7.71. The lowest BCUT2D eigenvalue weighted by atomic mass is 9.85. The summed E-state index contributed by atoms with van der Waals surface area (Å²) in [7, 11) is 0. The standard InChI is InChI=1S/C23H20ClN5O2/c1-13-9-14(2)26-23(25-13)29-18-10-15(20-7-4-8-31-20)11-19(30)21(18)22(28-29)27-17-6-3-5-16(24)12-17/h3-9,12,15H,10-11H2,1-2H3,(H,27,28). The van der Waals surface area contributed by atoms with E-state index in [1.807, 2.05) is 44.2 Å². The van der Waals surface area contributed by atoms with Gasteiger partial charge in [0.1, 0.15) is 5.76 Å². The monoisotopic (exact) mass is 433 g/mol. The molecule has 0 bridgehead atoms. The molecule has 0 spiro atoms. The van der Waals surface area contributed by atoms with Crippen LogP contribution >= 0.6 is 11.6 Å². The molecule has 1 aliphatic rings. The van der Waals surface area contributed by atoms with Crippen molar-refractivity contribution in [2.24, 2.45) is 0 Å². The number of halogens is 1. The zero-order valence-corrected chi connectivity index (χ0v) is 17.8. The van der Waals surface area contributed by atoms with E-state index in [4.69, 9.17) is 21.1 Å². The van der Waals surface area contributed by atoms with E-state index >= 15 is 0 Å². The summed E-state index contributed by atoms with van der Waals surface area (Å²) in [6.45, 7) is 3.83. The molecule has 1 aromatic carbocycles. The van der Waals surface area contributed by atoms with Crippen LogP contribution in [0.5, 0.6) is 0 Å². The van der Waals surface area contributed by atoms with E-state index in [9.17, 15) is 4.79 Å². The van der Waals surface area contributed by atoms with Gasteiger partial charge in [0.2, 0.25) is 0 Å². The lowest BCUT2D eigenvalue weighted by Crippen LogP contribution is -2.21. The predicted molar refractivity (Wildman–Crippen MR) is 117 cm³/mol. The minimum atomic E-state index is -0.0598. The quantitative estimate of drug-likeness (QED) is 0.477. The number of hydrogen-bond acceptors (Lipinski definition) is 6. The van der Waals surface area contributed by atoms with E-state index in [0.29, 0.717) is 35.2 Å². The number of furan rings is 1. The Morgan fingerprint density at radius 3 is 2.61 bits per heavy atom. The third-order valence-corrected chi connectivity index (χ3v) is 5.56. The van der Waals surface area contributed by atoms with E-state index in [0.717, 1.165) is 28.5 Å².